The first-order valence-electron chi connectivity index (χ1n) is 5.88. The van der Waals surface area contributed by atoms with Gasteiger partial charge in [-0.2, -0.15) is 0 Å². The molecule has 14 heavy (non-hydrogen) atoms. The van der Waals surface area contributed by atoms with E-state index in [1.165, 1.54) is 19.3 Å². The Morgan fingerprint density at radius 1 is 1.14 bits per heavy atom. The number of hydrogen-bond acceptors (Lipinski definition) is 0. The lowest BCUT2D eigenvalue weighted by Gasteiger charge is -2.62. The number of hydrogen-bond donors (Lipinski definition) is 0. The zero-order valence-corrected chi connectivity index (χ0v) is 9.51. The minimum atomic E-state index is -0.456. The molecule has 4 radical (unpaired) electrons. The molecule has 0 aromatic carbocycles. The number of rotatable bonds is 1. The van der Waals surface area contributed by atoms with E-state index >= 15 is 0 Å². The molecule has 3 saturated carbocycles. The second-order valence-corrected chi connectivity index (χ2v) is 6.90. The van der Waals surface area contributed by atoms with Crippen LogP contribution < -0.4 is 0 Å². The predicted octanol–water partition coefficient (Wildman–Crippen LogP) is 2.53. The minimum absolute atomic E-state index is 0.0298. The molecular weight excluding hydrogens is 166 g/mol. The van der Waals surface area contributed by atoms with Crippen molar-refractivity contribution in [2.45, 2.75) is 45.2 Å². The Morgan fingerprint density at radius 3 is 2.07 bits per heavy atom. The largest absolute Gasteiger partial charge is 0.0911 e. The first-order chi connectivity index (χ1) is 6.31. The zero-order valence-electron chi connectivity index (χ0n) is 9.51. The van der Waals surface area contributed by atoms with Gasteiger partial charge in [0.1, 0.15) is 0 Å². The van der Waals surface area contributed by atoms with Crippen molar-refractivity contribution in [3.63, 3.8) is 0 Å². The van der Waals surface area contributed by atoms with Gasteiger partial charge in [0, 0.05) is 0 Å². The zero-order chi connectivity index (χ0) is 10.4. The van der Waals surface area contributed by atoms with Gasteiger partial charge < -0.3 is 0 Å². The van der Waals surface area contributed by atoms with Crippen molar-refractivity contribution in [3.05, 3.63) is 0 Å². The van der Waals surface area contributed by atoms with E-state index in [1.807, 2.05) is 0 Å². The summed E-state index contributed by atoms with van der Waals surface area (Å²) in [5.74, 6) is 2.37. The Labute approximate surface area is 90.0 Å². The molecular formula is C12H18B2. The maximum absolute atomic E-state index is 6.38. The van der Waals surface area contributed by atoms with Crippen LogP contribution in [0.3, 0.4) is 0 Å². The molecule has 3 fully saturated rings. The van der Waals surface area contributed by atoms with Gasteiger partial charge in [-0.05, 0) is 47.8 Å². The molecule has 0 saturated heterocycles. The molecule has 0 heterocycles. The molecule has 0 aromatic heterocycles. The van der Waals surface area contributed by atoms with Crippen molar-refractivity contribution in [1.82, 2.24) is 0 Å². The predicted molar refractivity (Wildman–Crippen MR) is 60.4 cm³/mol. The topological polar surface area (TPSA) is 0 Å². The van der Waals surface area contributed by atoms with Crippen LogP contribution in [0.4, 0.5) is 0 Å². The lowest BCUT2D eigenvalue weighted by Crippen LogP contribution is -2.55. The maximum Gasteiger partial charge on any atom is 0.0631 e. The van der Waals surface area contributed by atoms with Crippen LogP contribution in [0.5, 0.6) is 0 Å². The van der Waals surface area contributed by atoms with Crippen LogP contribution in [0.1, 0.15) is 40.0 Å². The summed E-state index contributed by atoms with van der Waals surface area (Å²) in [5.41, 5.74) is 0.794. The van der Waals surface area contributed by atoms with Crippen molar-refractivity contribution in [3.8, 4) is 0 Å². The molecule has 4 unspecified atom stereocenters. The van der Waals surface area contributed by atoms with Gasteiger partial charge in [-0.3, -0.25) is 0 Å². The van der Waals surface area contributed by atoms with Crippen LogP contribution in [0.2, 0.25) is 5.21 Å². The third-order valence-electron chi connectivity index (χ3n) is 5.56. The molecule has 0 amide bonds. The van der Waals surface area contributed by atoms with Gasteiger partial charge in [0.05, 0.1) is 15.7 Å². The van der Waals surface area contributed by atoms with Crippen LogP contribution in [0.25, 0.3) is 0 Å². The highest BCUT2D eigenvalue weighted by Crippen LogP contribution is 2.87. The Morgan fingerprint density at radius 2 is 1.79 bits per heavy atom. The van der Waals surface area contributed by atoms with Crippen LogP contribution >= 0.6 is 0 Å². The van der Waals surface area contributed by atoms with Crippen molar-refractivity contribution in [2.75, 3.05) is 0 Å². The third kappa shape index (κ3) is 0.772. The fourth-order valence-electron chi connectivity index (χ4n) is 4.10. The molecule has 72 valence electrons. The SMILES string of the molecule is [B]C([B])(C1C2CCC23CC13)C(C)(C)C. The molecule has 0 nitrogen and oxygen atoms in total. The molecule has 0 aliphatic heterocycles. The Bertz CT molecular complexity index is 289. The fraction of sp³-hybridized carbons (Fsp3) is 1.00. The quantitative estimate of drug-likeness (QED) is 0.549. The first-order valence-corrected chi connectivity index (χ1v) is 5.88. The van der Waals surface area contributed by atoms with Crippen molar-refractivity contribution in [1.29, 1.82) is 0 Å². The van der Waals surface area contributed by atoms with E-state index in [0.717, 1.165) is 17.3 Å². The summed E-state index contributed by atoms with van der Waals surface area (Å²) < 4.78 is 0. The standard InChI is InChI=1S/C12H18B2/c1-10(2,3)12(13,14)9-7-4-5-11(7)6-8(9)11/h7-9H,4-6H2,1-3H3. The average molecular weight is 184 g/mol. The van der Waals surface area contributed by atoms with E-state index in [9.17, 15) is 0 Å². The van der Waals surface area contributed by atoms with E-state index in [4.69, 9.17) is 15.7 Å². The fourth-order valence-corrected chi connectivity index (χ4v) is 4.10. The molecule has 3 aliphatic rings. The second kappa shape index (κ2) is 2.13. The Kier molecular flexibility index (Phi) is 1.42. The molecule has 0 aromatic rings. The van der Waals surface area contributed by atoms with Gasteiger partial charge in [-0.25, -0.2) is 0 Å². The highest BCUT2D eigenvalue weighted by atomic mass is 14.8. The summed E-state index contributed by atoms with van der Waals surface area (Å²) in [7, 11) is 12.8. The summed E-state index contributed by atoms with van der Waals surface area (Å²) >= 11 is 0. The van der Waals surface area contributed by atoms with Gasteiger partial charge >= 0.3 is 0 Å². The van der Waals surface area contributed by atoms with Crippen molar-refractivity contribution >= 4 is 15.7 Å². The second-order valence-electron chi connectivity index (χ2n) is 6.90. The van der Waals surface area contributed by atoms with Gasteiger partial charge in [0.15, 0.2) is 0 Å². The molecule has 1 spiro atoms. The average Bonchev–Trinajstić information content (AvgIpc) is 2.69. The smallest absolute Gasteiger partial charge is 0.0631 e. The van der Waals surface area contributed by atoms with Gasteiger partial charge in [-0.15, -0.1) is 0 Å². The summed E-state index contributed by atoms with van der Waals surface area (Å²) in [4.78, 5) is 0. The van der Waals surface area contributed by atoms with E-state index in [0.29, 0.717) is 5.92 Å². The van der Waals surface area contributed by atoms with Gasteiger partial charge in [0.25, 0.3) is 0 Å². The third-order valence-corrected chi connectivity index (χ3v) is 5.56. The lowest BCUT2D eigenvalue weighted by atomic mass is 9.30. The van der Waals surface area contributed by atoms with E-state index in [2.05, 4.69) is 20.8 Å². The highest BCUT2D eigenvalue weighted by Gasteiger charge is 2.79. The van der Waals surface area contributed by atoms with E-state index < -0.39 is 5.21 Å². The molecule has 3 aliphatic carbocycles. The van der Waals surface area contributed by atoms with E-state index in [-0.39, 0.29) is 5.41 Å². The molecule has 0 bridgehead atoms. The lowest BCUT2D eigenvalue weighted by molar-refractivity contribution is -0.0668. The minimum Gasteiger partial charge on any atom is -0.0911 e. The summed E-state index contributed by atoms with van der Waals surface area (Å²) in [6, 6.07) is 0. The van der Waals surface area contributed by atoms with Gasteiger partial charge in [-0.1, -0.05) is 26.0 Å². The molecule has 2 heteroatoms. The van der Waals surface area contributed by atoms with E-state index in [1.54, 1.807) is 0 Å². The van der Waals surface area contributed by atoms with Crippen molar-refractivity contribution in [2.24, 2.45) is 28.6 Å². The van der Waals surface area contributed by atoms with Crippen molar-refractivity contribution < 1.29 is 0 Å². The molecule has 4 atom stereocenters. The first kappa shape index (κ1) is 9.36. The summed E-state index contributed by atoms with van der Waals surface area (Å²) in [6.45, 7) is 6.52. The summed E-state index contributed by atoms with van der Waals surface area (Å²) in [6.07, 6.45) is 4.26. The van der Waals surface area contributed by atoms with Crippen LogP contribution in [0.15, 0.2) is 0 Å². The normalized spacial score (nSPS) is 49.8. The maximum atomic E-state index is 6.38. The van der Waals surface area contributed by atoms with Crippen LogP contribution in [-0.2, 0) is 0 Å². The molecule has 0 N–H and O–H groups in total. The Balaban J connectivity index is 1.84. The monoisotopic (exact) mass is 184 g/mol. The Hall–Kier alpha value is 0.130. The van der Waals surface area contributed by atoms with Crippen LogP contribution in [0, 0.1) is 28.6 Å². The van der Waals surface area contributed by atoms with Gasteiger partial charge in [0.2, 0.25) is 0 Å². The molecule has 3 rings (SSSR count). The van der Waals surface area contributed by atoms with Crippen LogP contribution in [-0.4, -0.2) is 15.7 Å². The summed E-state index contributed by atoms with van der Waals surface area (Å²) in [5, 5.41) is -0.456. The highest BCUT2D eigenvalue weighted by molar-refractivity contribution is 6.40.